The fourth-order valence-electron chi connectivity index (χ4n) is 4.05. The van der Waals surface area contributed by atoms with Crippen molar-refractivity contribution in [3.8, 4) is 0 Å². The Bertz CT molecular complexity index is 967. The number of carbonyl (C=O) groups is 2. The van der Waals surface area contributed by atoms with Crippen LogP contribution in [0.15, 0.2) is 30.3 Å². The van der Waals surface area contributed by atoms with E-state index in [9.17, 15) is 9.59 Å². The Hall–Kier alpha value is -1.97. The summed E-state index contributed by atoms with van der Waals surface area (Å²) in [5.41, 5.74) is 2.01. The lowest BCUT2D eigenvalue weighted by Crippen LogP contribution is -2.59. The van der Waals surface area contributed by atoms with Crippen LogP contribution >= 0.6 is 22.9 Å². The van der Waals surface area contributed by atoms with Crippen LogP contribution in [0.25, 0.3) is 0 Å². The summed E-state index contributed by atoms with van der Waals surface area (Å²) in [4.78, 5) is 29.3. The van der Waals surface area contributed by atoms with E-state index < -0.39 is 5.54 Å². The van der Waals surface area contributed by atoms with Gasteiger partial charge in [-0.3, -0.25) is 9.59 Å². The van der Waals surface area contributed by atoms with Crippen LogP contribution in [0.5, 0.6) is 0 Å². The smallest absolute Gasteiger partial charge is 0.262 e. The highest BCUT2D eigenvalue weighted by molar-refractivity contribution is 7.18. The van der Waals surface area contributed by atoms with Crippen LogP contribution < -0.4 is 10.6 Å². The number of nitrogens with one attached hydrogen (secondary N) is 2. The summed E-state index contributed by atoms with van der Waals surface area (Å²) in [7, 11) is 5.25. The minimum Gasteiger partial charge on any atom is -0.385 e. The highest BCUT2D eigenvalue weighted by atomic mass is 35.5. The fourth-order valence-corrected chi connectivity index (χ4v) is 4.99. The van der Waals surface area contributed by atoms with Crippen LogP contribution in [0, 0.1) is 0 Å². The van der Waals surface area contributed by atoms with E-state index in [1.807, 2.05) is 12.1 Å². The Kier molecular flexibility index (Phi) is 9.28. The molecule has 0 spiro atoms. The number of thiophene rings is 1. The van der Waals surface area contributed by atoms with Crippen LogP contribution in [0.1, 0.15) is 33.6 Å². The van der Waals surface area contributed by atoms with Crippen molar-refractivity contribution in [3.63, 3.8) is 0 Å². The molecule has 9 heteroatoms. The molecule has 1 unspecified atom stereocenters. The number of carbonyl (C=O) groups excluding carboxylic acids is 2. The first-order valence-corrected chi connectivity index (χ1v) is 12.2. The Labute approximate surface area is 204 Å². The van der Waals surface area contributed by atoms with Gasteiger partial charge in [0.15, 0.2) is 0 Å². The molecule has 1 atom stereocenters. The molecule has 7 nitrogen and oxygen atoms in total. The molecule has 1 aromatic heterocycles. The van der Waals surface area contributed by atoms with Gasteiger partial charge < -0.3 is 25.0 Å². The molecule has 2 aromatic rings. The zero-order chi connectivity index (χ0) is 23.8. The summed E-state index contributed by atoms with van der Waals surface area (Å²) in [6.45, 7) is 2.50. The summed E-state index contributed by atoms with van der Waals surface area (Å²) >= 11 is 7.17. The lowest BCUT2D eigenvalue weighted by molar-refractivity contribution is -0.124. The van der Waals surface area contributed by atoms with Crippen LogP contribution in [0.2, 0.25) is 4.34 Å². The molecule has 0 radical (unpaired) electrons. The molecule has 1 aliphatic heterocycles. The van der Waals surface area contributed by atoms with Gasteiger partial charge in [-0.15, -0.1) is 11.3 Å². The summed E-state index contributed by atoms with van der Waals surface area (Å²) in [6, 6.07) is 9.36. The molecule has 1 aliphatic rings. The van der Waals surface area contributed by atoms with Crippen molar-refractivity contribution in [1.82, 2.24) is 10.2 Å². The highest BCUT2D eigenvalue weighted by Gasteiger charge is 2.40. The monoisotopic (exact) mass is 493 g/mol. The summed E-state index contributed by atoms with van der Waals surface area (Å²) < 4.78 is 11.1. The third-order valence-electron chi connectivity index (χ3n) is 5.92. The number of anilines is 1. The molecule has 2 N–H and O–H groups in total. The highest BCUT2D eigenvalue weighted by Crippen LogP contribution is 2.25. The van der Waals surface area contributed by atoms with Gasteiger partial charge in [-0.1, -0.05) is 17.7 Å². The predicted molar refractivity (Wildman–Crippen MR) is 132 cm³/mol. The number of likely N-dealkylation sites (N-methyl/N-ethyl adjacent to an activating group) is 1. The van der Waals surface area contributed by atoms with E-state index in [2.05, 4.69) is 28.6 Å². The molecule has 0 saturated carbocycles. The fraction of sp³-hybridized carbons (Fsp3) is 0.500. The van der Waals surface area contributed by atoms with E-state index >= 15 is 0 Å². The van der Waals surface area contributed by atoms with E-state index in [0.717, 1.165) is 25.9 Å². The van der Waals surface area contributed by atoms with Gasteiger partial charge in [0.25, 0.3) is 11.8 Å². The van der Waals surface area contributed by atoms with Crippen molar-refractivity contribution in [2.75, 3.05) is 52.9 Å². The molecule has 2 amide bonds. The van der Waals surface area contributed by atoms with Gasteiger partial charge in [0, 0.05) is 39.6 Å². The average molecular weight is 494 g/mol. The van der Waals surface area contributed by atoms with E-state index in [4.69, 9.17) is 21.1 Å². The van der Waals surface area contributed by atoms with E-state index in [1.165, 1.54) is 29.6 Å². The Morgan fingerprint density at radius 3 is 2.55 bits per heavy atom. The standard InChI is InChI=1S/C24H32ClN3O4S/c1-28-12-9-17-5-6-19(15-18(17)10-13-28)26-23(30)24(16-32-3,11-4-14-31-2)27-22(29)20-7-8-21(25)33-20/h5-8,15H,4,9-14,16H2,1-3H3,(H,26,30)(H,27,29). The van der Waals surface area contributed by atoms with E-state index in [1.54, 1.807) is 19.2 Å². The van der Waals surface area contributed by atoms with Gasteiger partial charge in [-0.05, 0) is 68.1 Å². The maximum Gasteiger partial charge on any atom is 0.262 e. The van der Waals surface area contributed by atoms with Crippen molar-refractivity contribution in [1.29, 1.82) is 0 Å². The second kappa shape index (κ2) is 11.9. The average Bonchev–Trinajstić information content (AvgIpc) is 3.14. The summed E-state index contributed by atoms with van der Waals surface area (Å²) in [5.74, 6) is -0.677. The number of ether oxygens (including phenoxy) is 2. The molecule has 33 heavy (non-hydrogen) atoms. The molecule has 180 valence electrons. The normalized spacial score (nSPS) is 15.9. The number of hydrogen-bond acceptors (Lipinski definition) is 6. The topological polar surface area (TPSA) is 79.9 Å². The third-order valence-corrected chi connectivity index (χ3v) is 7.15. The maximum absolute atomic E-state index is 13.6. The molecule has 0 aliphatic carbocycles. The zero-order valence-electron chi connectivity index (χ0n) is 19.4. The maximum atomic E-state index is 13.6. The number of hydrogen-bond donors (Lipinski definition) is 2. The number of methoxy groups -OCH3 is 2. The second-order valence-electron chi connectivity index (χ2n) is 8.41. The van der Waals surface area contributed by atoms with Crippen molar-refractivity contribution >= 4 is 40.4 Å². The molecule has 0 fully saturated rings. The van der Waals surface area contributed by atoms with Gasteiger partial charge in [0.05, 0.1) is 15.8 Å². The van der Waals surface area contributed by atoms with Crippen molar-refractivity contribution in [2.45, 2.75) is 31.2 Å². The van der Waals surface area contributed by atoms with Crippen molar-refractivity contribution in [3.05, 3.63) is 50.7 Å². The lowest BCUT2D eigenvalue weighted by atomic mass is 9.92. The van der Waals surface area contributed by atoms with Gasteiger partial charge in [-0.2, -0.15) is 0 Å². The van der Waals surface area contributed by atoms with Crippen LogP contribution in [-0.4, -0.2) is 69.8 Å². The van der Waals surface area contributed by atoms with Crippen LogP contribution in [0.4, 0.5) is 5.69 Å². The van der Waals surface area contributed by atoms with Gasteiger partial charge in [0.1, 0.15) is 5.54 Å². The Balaban J connectivity index is 1.84. The molecule has 1 aromatic carbocycles. The summed E-state index contributed by atoms with van der Waals surface area (Å²) in [6.07, 6.45) is 2.86. The predicted octanol–water partition coefficient (Wildman–Crippen LogP) is 3.61. The van der Waals surface area contributed by atoms with Gasteiger partial charge in [-0.25, -0.2) is 0 Å². The van der Waals surface area contributed by atoms with Crippen molar-refractivity contribution in [2.24, 2.45) is 0 Å². The number of nitrogens with zero attached hydrogens (tertiary/aromatic N) is 1. The first-order chi connectivity index (χ1) is 15.9. The van der Waals surface area contributed by atoms with Crippen LogP contribution in [0.3, 0.4) is 0 Å². The number of amides is 2. The molecular formula is C24H32ClN3O4S. The summed E-state index contributed by atoms with van der Waals surface area (Å²) in [5, 5.41) is 5.96. The first kappa shape index (κ1) is 25.6. The van der Waals surface area contributed by atoms with Crippen molar-refractivity contribution < 1.29 is 19.1 Å². The van der Waals surface area contributed by atoms with Crippen LogP contribution in [-0.2, 0) is 27.1 Å². The number of benzene rings is 1. The lowest BCUT2D eigenvalue weighted by Gasteiger charge is -2.33. The molecular weight excluding hydrogens is 462 g/mol. The Morgan fingerprint density at radius 1 is 1.12 bits per heavy atom. The minimum atomic E-state index is -1.26. The quantitative estimate of drug-likeness (QED) is 0.494. The molecule has 0 saturated heterocycles. The molecule has 0 bridgehead atoms. The van der Waals surface area contributed by atoms with Gasteiger partial charge in [0.2, 0.25) is 0 Å². The molecule has 2 heterocycles. The minimum absolute atomic E-state index is 0.0309. The zero-order valence-corrected chi connectivity index (χ0v) is 21.0. The second-order valence-corrected chi connectivity index (χ2v) is 10.1. The largest absolute Gasteiger partial charge is 0.385 e. The third kappa shape index (κ3) is 6.77. The number of fused-ring (bicyclic) bond motifs is 1. The van der Waals surface area contributed by atoms with E-state index in [0.29, 0.717) is 34.3 Å². The number of rotatable bonds is 10. The SMILES string of the molecule is COCCCC(COC)(NC(=O)c1ccc(Cl)s1)C(=O)Nc1ccc2c(c1)CCN(C)CC2. The molecule has 3 rings (SSSR count). The van der Waals surface area contributed by atoms with Gasteiger partial charge >= 0.3 is 0 Å². The first-order valence-electron chi connectivity index (χ1n) is 11.0. The van der Waals surface area contributed by atoms with E-state index in [-0.39, 0.29) is 18.4 Å². The number of halogens is 1. The Morgan fingerprint density at radius 2 is 1.88 bits per heavy atom.